The SMILES string of the molecule is CC12CC(CC(CO)NC(=O)OC(C)(C)C)(C1)C2. The summed E-state index contributed by atoms with van der Waals surface area (Å²) in [6.45, 7) is 7.80. The van der Waals surface area contributed by atoms with Gasteiger partial charge < -0.3 is 15.2 Å². The van der Waals surface area contributed by atoms with Gasteiger partial charge in [0.05, 0.1) is 12.6 Å². The molecule has 3 aliphatic carbocycles. The number of alkyl carbamates (subject to hydrolysis) is 1. The third-order valence-electron chi connectivity index (χ3n) is 4.03. The molecule has 1 amide bonds. The van der Waals surface area contributed by atoms with Crippen molar-refractivity contribution >= 4 is 6.09 Å². The Kier molecular flexibility index (Phi) is 3.13. The molecule has 18 heavy (non-hydrogen) atoms. The Morgan fingerprint density at radius 1 is 1.39 bits per heavy atom. The van der Waals surface area contributed by atoms with E-state index in [-0.39, 0.29) is 12.6 Å². The topological polar surface area (TPSA) is 58.6 Å². The minimum Gasteiger partial charge on any atom is -0.444 e. The highest BCUT2D eigenvalue weighted by atomic mass is 16.6. The quantitative estimate of drug-likeness (QED) is 0.811. The summed E-state index contributed by atoms with van der Waals surface area (Å²) in [5.74, 6) is 0. The van der Waals surface area contributed by atoms with Crippen molar-refractivity contribution in [3.05, 3.63) is 0 Å². The molecule has 1 unspecified atom stereocenters. The fourth-order valence-electron chi connectivity index (χ4n) is 3.94. The molecule has 3 saturated carbocycles. The van der Waals surface area contributed by atoms with Crippen molar-refractivity contribution in [3.8, 4) is 0 Å². The van der Waals surface area contributed by atoms with E-state index in [0.717, 1.165) is 6.42 Å². The van der Waals surface area contributed by atoms with E-state index in [2.05, 4.69) is 12.2 Å². The number of hydrogen-bond donors (Lipinski definition) is 2. The number of nitrogens with one attached hydrogen (secondary N) is 1. The van der Waals surface area contributed by atoms with Crippen molar-refractivity contribution < 1.29 is 14.6 Å². The zero-order valence-electron chi connectivity index (χ0n) is 11.9. The van der Waals surface area contributed by atoms with Crippen molar-refractivity contribution in [2.24, 2.45) is 10.8 Å². The third-order valence-corrected chi connectivity index (χ3v) is 4.03. The zero-order valence-corrected chi connectivity index (χ0v) is 11.9. The van der Waals surface area contributed by atoms with E-state index >= 15 is 0 Å². The van der Waals surface area contributed by atoms with Crippen LogP contribution in [-0.4, -0.2) is 29.4 Å². The Labute approximate surface area is 109 Å². The van der Waals surface area contributed by atoms with Crippen LogP contribution in [-0.2, 0) is 4.74 Å². The summed E-state index contributed by atoms with van der Waals surface area (Å²) in [5, 5.41) is 12.1. The lowest BCUT2D eigenvalue weighted by Crippen LogP contribution is -2.62. The summed E-state index contributed by atoms with van der Waals surface area (Å²) in [4.78, 5) is 11.7. The molecule has 2 N–H and O–H groups in total. The molecule has 0 aliphatic heterocycles. The Bertz CT molecular complexity index is 326. The number of carbonyl (C=O) groups excluding carboxylic acids is 1. The lowest BCUT2D eigenvalue weighted by Gasteiger charge is -2.70. The molecular weight excluding hydrogens is 230 g/mol. The summed E-state index contributed by atoms with van der Waals surface area (Å²) in [5.41, 5.74) is 0.455. The minimum atomic E-state index is -0.492. The molecule has 0 aromatic rings. The van der Waals surface area contributed by atoms with Gasteiger partial charge >= 0.3 is 6.09 Å². The number of rotatable bonds is 4. The molecule has 0 aromatic heterocycles. The lowest BCUT2D eigenvalue weighted by molar-refractivity contribution is -0.199. The van der Waals surface area contributed by atoms with Crippen LogP contribution in [0.4, 0.5) is 4.79 Å². The lowest BCUT2D eigenvalue weighted by atomic mass is 9.35. The molecule has 3 aliphatic rings. The molecule has 104 valence electrons. The van der Waals surface area contributed by atoms with E-state index in [1.54, 1.807) is 0 Å². The van der Waals surface area contributed by atoms with Gasteiger partial charge in [-0.2, -0.15) is 0 Å². The smallest absolute Gasteiger partial charge is 0.407 e. The predicted molar refractivity (Wildman–Crippen MR) is 69.3 cm³/mol. The predicted octanol–water partition coefficient (Wildman–Crippen LogP) is 2.45. The van der Waals surface area contributed by atoms with Crippen molar-refractivity contribution in [2.45, 2.75) is 65.0 Å². The van der Waals surface area contributed by atoms with Gasteiger partial charge in [-0.3, -0.25) is 0 Å². The maximum absolute atomic E-state index is 11.7. The van der Waals surface area contributed by atoms with Gasteiger partial charge in [0.15, 0.2) is 0 Å². The van der Waals surface area contributed by atoms with Crippen LogP contribution in [0, 0.1) is 10.8 Å². The maximum Gasteiger partial charge on any atom is 0.407 e. The summed E-state index contributed by atoms with van der Waals surface area (Å²) in [6, 6.07) is -0.176. The van der Waals surface area contributed by atoms with Crippen molar-refractivity contribution in [3.63, 3.8) is 0 Å². The van der Waals surface area contributed by atoms with Gasteiger partial charge in [-0.05, 0) is 57.3 Å². The van der Waals surface area contributed by atoms with Crippen molar-refractivity contribution in [1.82, 2.24) is 5.32 Å². The number of hydrogen-bond acceptors (Lipinski definition) is 3. The molecule has 0 radical (unpaired) electrons. The van der Waals surface area contributed by atoms with Crippen LogP contribution in [0.25, 0.3) is 0 Å². The highest BCUT2D eigenvalue weighted by molar-refractivity contribution is 5.68. The number of aliphatic hydroxyl groups excluding tert-OH is 1. The molecule has 1 atom stereocenters. The second-order valence-electron chi connectivity index (χ2n) is 7.57. The molecule has 0 spiro atoms. The van der Waals surface area contributed by atoms with Crippen LogP contribution in [0.15, 0.2) is 0 Å². The molecule has 3 fully saturated rings. The van der Waals surface area contributed by atoms with Crippen LogP contribution in [0.2, 0.25) is 0 Å². The zero-order chi connectivity index (χ0) is 13.6. The van der Waals surface area contributed by atoms with Gasteiger partial charge in [0.1, 0.15) is 5.60 Å². The van der Waals surface area contributed by atoms with Gasteiger partial charge in [0.2, 0.25) is 0 Å². The minimum absolute atomic E-state index is 0.0162. The van der Waals surface area contributed by atoms with Crippen LogP contribution < -0.4 is 5.32 Å². The van der Waals surface area contributed by atoms with Gasteiger partial charge in [0.25, 0.3) is 0 Å². The Hall–Kier alpha value is -0.770. The van der Waals surface area contributed by atoms with E-state index in [1.165, 1.54) is 19.3 Å². The second kappa shape index (κ2) is 4.12. The molecule has 0 heterocycles. The molecule has 0 saturated heterocycles. The fourth-order valence-corrected chi connectivity index (χ4v) is 3.94. The van der Waals surface area contributed by atoms with E-state index in [1.807, 2.05) is 20.8 Å². The fraction of sp³-hybridized carbons (Fsp3) is 0.929. The molecule has 4 heteroatoms. The van der Waals surface area contributed by atoms with Gasteiger partial charge in [0, 0.05) is 0 Å². The number of aliphatic hydroxyl groups is 1. The maximum atomic E-state index is 11.7. The molecular formula is C14H25NO3. The van der Waals surface area contributed by atoms with Crippen LogP contribution in [0.1, 0.15) is 53.4 Å². The summed E-state index contributed by atoms with van der Waals surface area (Å²) in [6.07, 6.45) is 4.17. The van der Waals surface area contributed by atoms with Crippen LogP contribution >= 0.6 is 0 Å². The Morgan fingerprint density at radius 2 is 1.94 bits per heavy atom. The molecule has 2 bridgehead atoms. The number of carbonyl (C=O) groups is 1. The van der Waals surface area contributed by atoms with E-state index in [4.69, 9.17) is 4.74 Å². The first-order valence-electron chi connectivity index (χ1n) is 6.76. The number of amides is 1. The Balaban J connectivity index is 1.78. The highest BCUT2D eigenvalue weighted by Gasteiger charge is 2.64. The second-order valence-corrected chi connectivity index (χ2v) is 7.57. The summed E-state index contributed by atoms with van der Waals surface area (Å²) in [7, 11) is 0. The van der Waals surface area contributed by atoms with Gasteiger partial charge in [-0.1, -0.05) is 6.92 Å². The monoisotopic (exact) mass is 255 g/mol. The summed E-state index contributed by atoms with van der Waals surface area (Å²) < 4.78 is 5.21. The van der Waals surface area contributed by atoms with Gasteiger partial charge in [-0.15, -0.1) is 0 Å². The standard InChI is InChI=1S/C14H25NO3/c1-12(2,3)18-11(17)15-10(6-16)5-14-7-13(4,8-14)9-14/h10,16H,5-9H2,1-4H3,(H,15,17). The first-order valence-corrected chi connectivity index (χ1v) is 6.76. The van der Waals surface area contributed by atoms with Crippen LogP contribution in [0.3, 0.4) is 0 Å². The average molecular weight is 255 g/mol. The van der Waals surface area contributed by atoms with E-state index in [9.17, 15) is 9.90 Å². The van der Waals surface area contributed by atoms with Crippen LogP contribution in [0.5, 0.6) is 0 Å². The van der Waals surface area contributed by atoms with E-state index in [0.29, 0.717) is 10.8 Å². The Morgan fingerprint density at radius 3 is 2.33 bits per heavy atom. The molecule has 0 aromatic carbocycles. The molecule has 4 nitrogen and oxygen atoms in total. The first kappa shape index (κ1) is 13.7. The largest absolute Gasteiger partial charge is 0.444 e. The van der Waals surface area contributed by atoms with Crippen molar-refractivity contribution in [2.75, 3.05) is 6.61 Å². The normalized spacial score (nSPS) is 35.2. The van der Waals surface area contributed by atoms with E-state index < -0.39 is 11.7 Å². The van der Waals surface area contributed by atoms with Crippen molar-refractivity contribution in [1.29, 1.82) is 0 Å². The average Bonchev–Trinajstić information content (AvgIpc) is 2.09. The summed E-state index contributed by atoms with van der Waals surface area (Å²) >= 11 is 0. The molecule has 3 rings (SSSR count). The number of ether oxygens (including phenoxy) is 1. The third kappa shape index (κ3) is 2.79. The highest BCUT2D eigenvalue weighted by Crippen LogP contribution is 2.74. The first-order chi connectivity index (χ1) is 8.15. The van der Waals surface area contributed by atoms with Gasteiger partial charge in [-0.25, -0.2) is 4.79 Å².